The molecule has 0 spiro atoms. The van der Waals surface area contributed by atoms with Crippen LogP contribution in [-0.2, 0) is 18.5 Å². The van der Waals surface area contributed by atoms with Crippen molar-refractivity contribution in [1.29, 1.82) is 0 Å². The Morgan fingerprint density at radius 3 is 2.84 bits per heavy atom. The Morgan fingerprint density at radius 2 is 2.21 bits per heavy atom. The van der Waals surface area contributed by atoms with Crippen LogP contribution in [0.4, 0.5) is 5.69 Å². The third kappa shape index (κ3) is 3.78. The second-order valence-corrected chi connectivity index (χ2v) is 6.32. The molecule has 0 bridgehead atoms. The van der Waals surface area contributed by atoms with Gasteiger partial charge in [-0.05, 0) is 0 Å². The van der Waals surface area contributed by atoms with Crippen LogP contribution in [0.15, 0.2) is 17.8 Å². The summed E-state index contributed by atoms with van der Waals surface area (Å²) in [5.74, 6) is 0. The Labute approximate surface area is 117 Å². The van der Waals surface area contributed by atoms with Gasteiger partial charge >= 0.3 is 0 Å². The molecule has 0 aromatic carbocycles. The molecule has 5 nitrogen and oxygen atoms in total. The number of aromatic nitrogens is 3. The summed E-state index contributed by atoms with van der Waals surface area (Å²) >= 11 is 1.70. The highest BCUT2D eigenvalue weighted by atomic mass is 32.1. The Bertz CT molecular complexity index is 527. The van der Waals surface area contributed by atoms with Gasteiger partial charge in [-0.25, -0.2) is 4.98 Å². The zero-order valence-corrected chi connectivity index (χ0v) is 12.4. The molecule has 0 saturated carbocycles. The van der Waals surface area contributed by atoms with Crippen LogP contribution in [0.1, 0.15) is 31.5 Å². The van der Waals surface area contributed by atoms with Crippen LogP contribution < -0.4 is 5.32 Å². The van der Waals surface area contributed by atoms with Crippen molar-refractivity contribution < 1.29 is 5.11 Å². The van der Waals surface area contributed by atoms with E-state index in [1.54, 1.807) is 22.2 Å². The molecule has 0 fully saturated rings. The maximum absolute atomic E-state index is 8.83. The highest BCUT2D eigenvalue weighted by molar-refractivity contribution is 7.09. The summed E-state index contributed by atoms with van der Waals surface area (Å²) < 4.78 is 1.71. The Morgan fingerprint density at radius 1 is 1.42 bits per heavy atom. The molecule has 2 heterocycles. The van der Waals surface area contributed by atoms with Crippen molar-refractivity contribution in [3.63, 3.8) is 0 Å². The van der Waals surface area contributed by atoms with E-state index in [2.05, 4.69) is 41.6 Å². The number of nitrogens with one attached hydrogen (secondary N) is 1. The van der Waals surface area contributed by atoms with Crippen LogP contribution in [0.2, 0.25) is 0 Å². The fourth-order valence-electron chi connectivity index (χ4n) is 1.60. The van der Waals surface area contributed by atoms with Crippen LogP contribution in [-0.4, -0.2) is 26.5 Å². The molecule has 0 amide bonds. The number of thiazole rings is 1. The van der Waals surface area contributed by atoms with Crippen LogP contribution in [0.3, 0.4) is 0 Å². The highest BCUT2D eigenvalue weighted by Crippen LogP contribution is 2.25. The molecule has 19 heavy (non-hydrogen) atoms. The lowest BCUT2D eigenvalue weighted by atomic mass is 9.98. The van der Waals surface area contributed by atoms with Gasteiger partial charge < -0.3 is 10.4 Å². The largest absolute Gasteiger partial charge is 0.394 e. The number of hydrogen-bond donors (Lipinski definition) is 2. The summed E-state index contributed by atoms with van der Waals surface area (Å²) in [4.78, 5) is 4.63. The molecule has 0 aliphatic heterocycles. The zero-order valence-electron chi connectivity index (χ0n) is 11.6. The maximum atomic E-state index is 8.83. The van der Waals surface area contributed by atoms with Gasteiger partial charge in [-0.2, -0.15) is 5.10 Å². The van der Waals surface area contributed by atoms with Crippen molar-refractivity contribution in [3.8, 4) is 0 Å². The molecule has 0 atom stereocenters. The average molecular weight is 280 g/mol. The minimum atomic E-state index is 0.0994. The number of aliphatic hydroxyl groups excluding tert-OH is 1. The minimum absolute atomic E-state index is 0.0994. The molecule has 2 rings (SSSR count). The van der Waals surface area contributed by atoms with Gasteiger partial charge in [0.1, 0.15) is 0 Å². The van der Waals surface area contributed by atoms with E-state index in [1.807, 2.05) is 6.20 Å². The second-order valence-electron chi connectivity index (χ2n) is 5.46. The van der Waals surface area contributed by atoms with Crippen LogP contribution >= 0.6 is 11.3 Å². The van der Waals surface area contributed by atoms with E-state index < -0.39 is 0 Å². The van der Waals surface area contributed by atoms with Crippen molar-refractivity contribution in [2.75, 3.05) is 11.9 Å². The quantitative estimate of drug-likeness (QED) is 0.881. The Kier molecular flexibility index (Phi) is 4.21. The first-order valence-corrected chi connectivity index (χ1v) is 7.19. The molecule has 0 aliphatic rings. The highest BCUT2D eigenvalue weighted by Gasteiger charge is 2.17. The van der Waals surface area contributed by atoms with Crippen molar-refractivity contribution >= 4 is 17.0 Å². The number of hydrogen-bond acceptors (Lipinski definition) is 5. The van der Waals surface area contributed by atoms with Crippen molar-refractivity contribution in [1.82, 2.24) is 14.8 Å². The normalized spacial score (nSPS) is 11.8. The SMILES string of the molecule is CC(C)(C)c1nc(CNc2cnn(CCO)c2)cs1. The predicted octanol–water partition coefficient (Wildman–Crippen LogP) is 2.24. The lowest BCUT2D eigenvalue weighted by Crippen LogP contribution is -2.11. The summed E-state index contributed by atoms with van der Waals surface area (Å²) in [6.07, 6.45) is 3.64. The van der Waals surface area contributed by atoms with E-state index in [-0.39, 0.29) is 12.0 Å². The lowest BCUT2D eigenvalue weighted by molar-refractivity contribution is 0.269. The van der Waals surface area contributed by atoms with Gasteiger partial charge in [0.05, 0.1) is 42.3 Å². The maximum Gasteiger partial charge on any atom is 0.0982 e. The van der Waals surface area contributed by atoms with E-state index in [9.17, 15) is 0 Å². The number of aliphatic hydroxyl groups is 1. The third-order valence-corrected chi connectivity index (χ3v) is 3.95. The molecule has 2 aromatic heterocycles. The first-order chi connectivity index (χ1) is 8.99. The van der Waals surface area contributed by atoms with Crippen LogP contribution in [0, 0.1) is 0 Å². The second kappa shape index (κ2) is 5.71. The number of anilines is 1. The smallest absolute Gasteiger partial charge is 0.0982 e. The molecule has 104 valence electrons. The minimum Gasteiger partial charge on any atom is -0.394 e. The van der Waals surface area contributed by atoms with E-state index in [1.165, 1.54) is 0 Å². The molecule has 0 aliphatic carbocycles. The molecule has 0 unspecified atom stereocenters. The fourth-order valence-corrected chi connectivity index (χ4v) is 2.51. The van der Waals surface area contributed by atoms with Crippen LogP contribution in [0.25, 0.3) is 0 Å². The van der Waals surface area contributed by atoms with Gasteiger partial charge in [0.25, 0.3) is 0 Å². The standard InChI is InChI=1S/C13H20N4OS/c1-13(2,3)12-16-11(9-19-12)6-14-10-7-15-17(8-10)4-5-18/h7-9,14,18H,4-6H2,1-3H3. The van der Waals surface area contributed by atoms with Gasteiger partial charge in [0.2, 0.25) is 0 Å². The van der Waals surface area contributed by atoms with Crippen molar-refractivity contribution in [2.24, 2.45) is 0 Å². The predicted molar refractivity (Wildman–Crippen MR) is 77.5 cm³/mol. The summed E-state index contributed by atoms with van der Waals surface area (Å²) in [5.41, 5.74) is 2.10. The molecule has 2 aromatic rings. The van der Waals surface area contributed by atoms with Gasteiger partial charge in [0.15, 0.2) is 0 Å². The average Bonchev–Trinajstić information content (AvgIpc) is 2.94. The van der Waals surface area contributed by atoms with Crippen LogP contribution in [0.5, 0.6) is 0 Å². The van der Waals surface area contributed by atoms with E-state index in [0.29, 0.717) is 13.1 Å². The molecule has 0 radical (unpaired) electrons. The van der Waals surface area contributed by atoms with E-state index in [4.69, 9.17) is 5.11 Å². The third-order valence-electron chi connectivity index (χ3n) is 2.63. The van der Waals surface area contributed by atoms with E-state index >= 15 is 0 Å². The first-order valence-electron chi connectivity index (χ1n) is 6.31. The molecule has 0 saturated heterocycles. The van der Waals surface area contributed by atoms with Crippen molar-refractivity contribution in [3.05, 3.63) is 28.5 Å². The van der Waals surface area contributed by atoms with Gasteiger partial charge in [0, 0.05) is 17.0 Å². The first kappa shape index (κ1) is 14.0. The molecular weight excluding hydrogens is 260 g/mol. The van der Waals surface area contributed by atoms with Crippen molar-refractivity contribution in [2.45, 2.75) is 39.3 Å². The monoisotopic (exact) mass is 280 g/mol. The fraction of sp³-hybridized carbons (Fsp3) is 0.538. The summed E-state index contributed by atoms with van der Waals surface area (Å²) in [6, 6.07) is 0. The topological polar surface area (TPSA) is 63.0 Å². The lowest BCUT2D eigenvalue weighted by Gasteiger charge is -2.13. The van der Waals surface area contributed by atoms with Gasteiger partial charge in [-0.1, -0.05) is 20.8 Å². The zero-order chi connectivity index (χ0) is 13.9. The molecular formula is C13H20N4OS. The summed E-state index contributed by atoms with van der Waals surface area (Å²) in [7, 11) is 0. The summed E-state index contributed by atoms with van der Waals surface area (Å²) in [5, 5.41) is 19.5. The van der Waals surface area contributed by atoms with E-state index in [0.717, 1.165) is 16.4 Å². The number of rotatable bonds is 5. The Hall–Kier alpha value is -1.40. The summed E-state index contributed by atoms with van der Waals surface area (Å²) in [6.45, 7) is 7.82. The molecule has 6 heteroatoms. The van der Waals surface area contributed by atoms with Gasteiger partial charge in [-0.15, -0.1) is 11.3 Å². The van der Waals surface area contributed by atoms with Gasteiger partial charge in [-0.3, -0.25) is 4.68 Å². The number of nitrogens with zero attached hydrogens (tertiary/aromatic N) is 3. The molecule has 2 N–H and O–H groups in total. The Balaban J connectivity index is 1.93.